The minimum atomic E-state index is -0.732. The van der Waals surface area contributed by atoms with Crippen LogP contribution in [0.1, 0.15) is 13.8 Å². The highest BCUT2D eigenvalue weighted by Gasteiger charge is 2.18. The third-order valence-corrected chi connectivity index (χ3v) is 4.86. The van der Waals surface area contributed by atoms with Gasteiger partial charge in [0.2, 0.25) is 5.13 Å². The van der Waals surface area contributed by atoms with Crippen molar-refractivity contribution in [3.8, 4) is 5.75 Å². The molecule has 22 heavy (non-hydrogen) atoms. The van der Waals surface area contributed by atoms with Crippen LogP contribution in [0.15, 0.2) is 22.5 Å². The summed E-state index contributed by atoms with van der Waals surface area (Å²) >= 11 is 14.7. The van der Waals surface area contributed by atoms with E-state index in [1.807, 2.05) is 6.92 Å². The lowest BCUT2D eigenvalue weighted by Crippen LogP contribution is -2.30. The topological polar surface area (TPSA) is 64.1 Å². The van der Waals surface area contributed by atoms with Crippen molar-refractivity contribution in [3.63, 3.8) is 0 Å². The van der Waals surface area contributed by atoms with Gasteiger partial charge in [0.1, 0.15) is 5.75 Å². The van der Waals surface area contributed by atoms with E-state index in [4.69, 9.17) is 27.9 Å². The number of thioether (sulfide) groups is 1. The van der Waals surface area contributed by atoms with E-state index in [9.17, 15) is 4.79 Å². The number of nitrogens with zero attached hydrogens (tertiary/aromatic N) is 2. The molecule has 1 atom stereocenters. The summed E-state index contributed by atoms with van der Waals surface area (Å²) < 4.78 is 6.35. The van der Waals surface area contributed by atoms with Crippen LogP contribution in [0.2, 0.25) is 10.0 Å². The molecule has 1 heterocycles. The zero-order valence-corrected chi connectivity index (χ0v) is 14.9. The van der Waals surface area contributed by atoms with E-state index in [0.29, 0.717) is 20.9 Å². The molecule has 2 rings (SSSR count). The van der Waals surface area contributed by atoms with Gasteiger partial charge in [-0.15, -0.1) is 10.2 Å². The molecule has 0 fully saturated rings. The number of rotatable bonds is 6. The summed E-state index contributed by atoms with van der Waals surface area (Å²) in [6, 6.07) is 4.82. The van der Waals surface area contributed by atoms with Gasteiger partial charge in [-0.05, 0) is 30.9 Å². The zero-order valence-electron chi connectivity index (χ0n) is 11.8. The summed E-state index contributed by atoms with van der Waals surface area (Å²) in [5, 5.41) is 11.8. The van der Waals surface area contributed by atoms with Gasteiger partial charge >= 0.3 is 0 Å². The summed E-state index contributed by atoms with van der Waals surface area (Å²) in [6.07, 6.45) is -0.732. The van der Waals surface area contributed by atoms with Gasteiger partial charge in [0.15, 0.2) is 10.4 Å². The summed E-state index contributed by atoms with van der Waals surface area (Å²) in [6.45, 7) is 3.65. The molecule has 1 amide bonds. The van der Waals surface area contributed by atoms with Crippen LogP contribution in [0.5, 0.6) is 5.75 Å². The Hall–Kier alpha value is -1.02. The Morgan fingerprint density at radius 3 is 2.91 bits per heavy atom. The molecule has 1 unspecified atom stereocenters. The number of hydrogen-bond acceptors (Lipinski definition) is 6. The van der Waals surface area contributed by atoms with E-state index in [1.165, 1.54) is 11.3 Å². The summed E-state index contributed by atoms with van der Waals surface area (Å²) in [5.74, 6) is 0.973. The van der Waals surface area contributed by atoms with Crippen LogP contribution < -0.4 is 10.1 Å². The number of anilines is 1. The Bertz CT molecular complexity index is 666. The van der Waals surface area contributed by atoms with Crippen molar-refractivity contribution in [2.75, 3.05) is 11.1 Å². The van der Waals surface area contributed by atoms with Gasteiger partial charge in [-0.1, -0.05) is 53.2 Å². The monoisotopic (exact) mass is 377 g/mol. The first-order chi connectivity index (χ1) is 10.5. The normalized spacial score (nSPS) is 12.0. The molecule has 1 N–H and O–H groups in total. The molecule has 9 heteroatoms. The molecule has 0 aliphatic heterocycles. The van der Waals surface area contributed by atoms with Crippen molar-refractivity contribution in [2.24, 2.45) is 0 Å². The molecule has 0 saturated heterocycles. The van der Waals surface area contributed by atoms with Gasteiger partial charge in [0.05, 0.1) is 5.02 Å². The van der Waals surface area contributed by atoms with Gasteiger partial charge in [0, 0.05) is 5.02 Å². The zero-order chi connectivity index (χ0) is 16.1. The van der Waals surface area contributed by atoms with Crippen molar-refractivity contribution >= 4 is 57.3 Å². The second kappa shape index (κ2) is 8.01. The number of carbonyl (C=O) groups excluding carboxylic acids is 1. The fraction of sp³-hybridized carbons (Fsp3) is 0.308. The Morgan fingerprint density at radius 1 is 1.45 bits per heavy atom. The average Bonchev–Trinajstić information content (AvgIpc) is 2.89. The molecular weight excluding hydrogens is 365 g/mol. The first-order valence-electron chi connectivity index (χ1n) is 6.38. The number of ether oxygens (including phenoxy) is 1. The Balaban J connectivity index is 1.96. The lowest BCUT2D eigenvalue weighted by Gasteiger charge is -2.14. The number of benzene rings is 1. The smallest absolute Gasteiger partial charge is 0.266 e. The Labute approximate surface area is 146 Å². The molecule has 0 spiro atoms. The number of nitrogens with one attached hydrogen (secondary N) is 1. The molecule has 1 aromatic carbocycles. The SMILES string of the molecule is CCSc1nnc(NC(=O)C(C)Oc2ccc(Cl)cc2Cl)s1. The molecule has 0 bridgehead atoms. The molecule has 0 aliphatic rings. The van der Waals surface area contributed by atoms with Gasteiger partial charge in [0.25, 0.3) is 5.91 Å². The minimum Gasteiger partial charge on any atom is -0.479 e. The lowest BCUT2D eigenvalue weighted by atomic mass is 10.3. The van der Waals surface area contributed by atoms with Crippen LogP contribution in [0.3, 0.4) is 0 Å². The van der Waals surface area contributed by atoms with Gasteiger partial charge in [-0.25, -0.2) is 0 Å². The third kappa shape index (κ3) is 4.74. The second-order valence-corrected chi connectivity index (χ2v) is 7.46. The van der Waals surface area contributed by atoms with Gasteiger partial charge in [-0.2, -0.15) is 0 Å². The Morgan fingerprint density at radius 2 is 2.23 bits per heavy atom. The molecule has 5 nitrogen and oxygen atoms in total. The van der Waals surface area contributed by atoms with Crippen LogP contribution in [0.25, 0.3) is 0 Å². The van der Waals surface area contributed by atoms with Crippen molar-refractivity contribution in [3.05, 3.63) is 28.2 Å². The van der Waals surface area contributed by atoms with Crippen LogP contribution in [-0.4, -0.2) is 28.0 Å². The maximum Gasteiger partial charge on any atom is 0.266 e. The van der Waals surface area contributed by atoms with E-state index < -0.39 is 6.10 Å². The highest BCUT2D eigenvalue weighted by Crippen LogP contribution is 2.29. The summed E-state index contributed by atoms with van der Waals surface area (Å²) in [5.41, 5.74) is 0. The predicted octanol–water partition coefficient (Wildman–Crippen LogP) is 4.36. The molecule has 0 aliphatic carbocycles. The maximum absolute atomic E-state index is 12.1. The average molecular weight is 378 g/mol. The fourth-order valence-electron chi connectivity index (χ4n) is 1.46. The van der Waals surface area contributed by atoms with Crippen molar-refractivity contribution < 1.29 is 9.53 Å². The molecule has 2 aromatic rings. The van der Waals surface area contributed by atoms with Crippen LogP contribution >= 0.6 is 46.3 Å². The van der Waals surface area contributed by atoms with E-state index in [1.54, 1.807) is 36.9 Å². The fourth-order valence-corrected chi connectivity index (χ4v) is 3.57. The highest BCUT2D eigenvalue weighted by atomic mass is 35.5. The number of halogens is 2. The lowest BCUT2D eigenvalue weighted by molar-refractivity contribution is -0.122. The first kappa shape index (κ1) is 17.3. The van der Waals surface area contributed by atoms with Gasteiger partial charge in [-0.3, -0.25) is 10.1 Å². The largest absolute Gasteiger partial charge is 0.479 e. The van der Waals surface area contributed by atoms with E-state index >= 15 is 0 Å². The molecular formula is C13H13Cl2N3O2S2. The first-order valence-corrected chi connectivity index (χ1v) is 8.94. The Kier molecular flexibility index (Phi) is 6.31. The number of amides is 1. The maximum atomic E-state index is 12.1. The summed E-state index contributed by atoms with van der Waals surface area (Å²) in [7, 11) is 0. The van der Waals surface area contributed by atoms with Crippen LogP contribution in [0.4, 0.5) is 5.13 Å². The van der Waals surface area contributed by atoms with Crippen molar-refractivity contribution in [2.45, 2.75) is 24.3 Å². The van der Waals surface area contributed by atoms with E-state index in [0.717, 1.165) is 10.1 Å². The quantitative estimate of drug-likeness (QED) is 0.598. The molecule has 118 valence electrons. The van der Waals surface area contributed by atoms with Crippen molar-refractivity contribution in [1.29, 1.82) is 0 Å². The number of hydrogen-bond donors (Lipinski definition) is 1. The number of carbonyl (C=O) groups is 1. The molecule has 1 aromatic heterocycles. The summed E-state index contributed by atoms with van der Waals surface area (Å²) in [4.78, 5) is 12.1. The molecule has 0 saturated carbocycles. The van der Waals surface area contributed by atoms with E-state index in [-0.39, 0.29) is 5.91 Å². The van der Waals surface area contributed by atoms with Crippen molar-refractivity contribution in [1.82, 2.24) is 10.2 Å². The standard InChI is InChI=1S/C13H13Cl2N3O2S2/c1-3-21-13-18-17-12(22-13)16-11(19)7(2)20-10-5-4-8(14)6-9(10)15/h4-7H,3H2,1-2H3,(H,16,17,19). The van der Waals surface area contributed by atoms with Crippen LogP contribution in [-0.2, 0) is 4.79 Å². The van der Waals surface area contributed by atoms with E-state index in [2.05, 4.69) is 15.5 Å². The number of aromatic nitrogens is 2. The third-order valence-electron chi connectivity index (χ3n) is 2.47. The van der Waals surface area contributed by atoms with Crippen LogP contribution in [0, 0.1) is 0 Å². The molecule has 0 radical (unpaired) electrons. The highest BCUT2D eigenvalue weighted by molar-refractivity contribution is 8.01. The minimum absolute atomic E-state index is 0.324. The second-order valence-electron chi connectivity index (χ2n) is 4.13. The van der Waals surface area contributed by atoms with Gasteiger partial charge < -0.3 is 4.74 Å². The predicted molar refractivity (Wildman–Crippen MR) is 91.5 cm³/mol.